The summed E-state index contributed by atoms with van der Waals surface area (Å²) in [6.07, 6.45) is 0. The van der Waals surface area contributed by atoms with Gasteiger partial charge >= 0.3 is 0 Å². The van der Waals surface area contributed by atoms with Crippen LogP contribution in [0.3, 0.4) is 0 Å². The molecule has 1 amide bonds. The van der Waals surface area contributed by atoms with Crippen LogP contribution in [0.25, 0.3) is 0 Å². The third kappa shape index (κ3) is 3.36. The van der Waals surface area contributed by atoms with Gasteiger partial charge in [0, 0.05) is 24.6 Å². The second kappa shape index (κ2) is 6.04. The predicted octanol–water partition coefficient (Wildman–Crippen LogP) is 2.53. The Kier molecular flexibility index (Phi) is 4.18. The van der Waals surface area contributed by atoms with Crippen molar-refractivity contribution in [3.8, 4) is 5.75 Å². The normalized spacial score (nSPS) is 11.7. The van der Waals surface area contributed by atoms with Gasteiger partial charge in [0.15, 0.2) is 0 Å². The average molecular weight is 286 g/mol. The van der Waals surface area contributed by atoms with Gasteiger partial charge in [-0.25, -0.2) is 0 Å². The van der Waals surface area contributed by atoms with E-state index >= 15 is 0 Å². The molecule has 0 radical (unpaired) electrons. The summed E-state index contributed by atoms with van der Waals surface area (Å²) < 4.78 is 0. The molecule has 6 nitrogen and oxygen atoms in total. The number of benzene rings is 2. The van der Waals surface area contributed by atoms with Crippen molar-refractivity contribution in [2.24, 2.45) is 0 Å². The maximum absolute atomic E-state index is 11.4. The number of aromatic hydroxyl groups is 1. The third-order valence-corrected chi connectivity index (χ3v) is 3.03. The van der Waals surface area contributed by atoms with E-state index in [-0.39, 0.29) is 17.3 Å². The molecule has 0 spiro atoms. The summed E-state index contributed by atoms with van der Waals surface area (Å²) in [6.45, 7) is 1.37. The number of carbonyl (C=O) groups is 1. The SMILES string of the molecule is CC(=O)N[C@H](c1ccc([N+](=O)[O-])cc1)c1ccccc1O. The molecule has 0 unspecified atom stereocenters. The van der Waals surface area contributed by atoms with E-state index in [1.54, 1.807) is 30.3 Å². The molecule has 2 aromatic rings. The van der Waals surface area contributed by atoms with E-state index in [1.807, 2.05) is 0 Å². The highest BCUT2D eigenvalue weighted by atomic mass is 16.6. The number of nitrogens with one attached hydrogen (secondary N) is 1. The van der Waals surface area contributed by atoms with Gasteiger partial charge in [0.1, 0.15) is 5.75 Å². The average Bonchev–Trinajstić information content (AvgIpc) is 2.45. The summed E-state index contributed by atoms with van der Waals surface area (Å²) in [5, 5.41) is 23.4. The van der Waals surface area contributed by atoms with Gasteiger partial charge in [-0.2, -0.15) is 0 Å². The molecule has 0 saturated carbocycles. The lowest BCUT2D eigenvalue weighted by Crippen LogP contribution is -2.26. The molecule has 0 fully saturated rings. The minimum atomic E-state index is -0.565. The maximum atomic E-state index is 11.4. The first kappa shape index (κ1) is 14.5. The number of para-hydroxylation sites is 1. The van der Waals surface area contributed by atoms with Gasteiger partial charge in [-0.05, 0) is 23.8 Å². The van der Waals surface area contributed by atoms with Gasteiger partial charge in [-0.3, -0.25) is 14.9 Å². The topological polar surface area (TPSA) is 92.5 Å². The van der Waals surface area contributed by atoms with Crippen LogP contribution in [0.2, 0.25) is 0 Å². The van der Waals surface area contributed by atoms with Gasteiger partial charge in [-0.1, -0.05) is 18.2 Å². The monoisotopic (exact) mass is 286 g/mol. The first-order valence-corrected chi connectivity index (χ1v) is 6.28. The van der Waals surface area contributed by atoms with Crippen molar-refractivity contribution in [2.75, 3.05) is 0 Å². The van der Waals surface area contributed by atoms with Gasteiger partial charge < -0.3 is 10.4 Å². The standard InChI is InChI=1S/C15H14N2O4/c1-10(18)16-15(13-4-2-3-5-14(13)19)11-6-8-12(9-7-11)17(20)21/h2-9,15,19H,1H3,(H,16,18)/t15-/m1/s1. The fraction of sp³-hybridized carbons (Fsp3) is 0.133. The van der Waals surface area contributed by atoms with Crippen LogP contribution >= 0.6 is 0 Å². The summed E-state index contributed by atoms with van der Waals surface area (Å²) >= 11 is 0. The van der Waals surface area contributed by atoms with E-state index in [9.17, 15) is 20.0 Å². The molecule has 0 heterocycles. The van der Waals surface area contributed by atoms with Crippen molar-refractivity contribution in [3.63, 3.8) is 0 Å². The Morgan fingerprint density at radius 1 is 1.19 bits per heavy atom. The second-order valence-corrected chi connectivity index (χ2v) is 4.54. The number of non-ortho nitro benzene ring substituents is 1. The molecule has 1 atom stereocenters. The molecule has 0 aliphatic rings. The number of hydrogen-bond donors (Lipinski definition) is 2. The molecule has 6 heteroatoms. The van der Waals surface area contributed by atoms with Crippen molar-refractivity contribution in [3.05, 3.63) is 69.8 Å². The minimum Gasteiger partial charge on any atom is -0.508 e. The van der Waals surface area contributed by atoms with Crippen molar-refractivity contribution in [1.29, 1.82) is 0 Å². The minimum absolute atomic E-state index is 0.0300. The number of rotatable bonds is 4. The quantitative estimate of drug-likeness (QED) is 0.667. The Morgan fingerprint density at radius 2 is 1.81 bits per heavy atom. The first-order valence-electron chi connectivity index (χ1n) is 6.28. The number of carbonyl (C=O) groups excluding carboxylic acids is 1. The zero-order valence-electron chi connectivity index (χ0n) is 11.3. The molecular formula is C15H14N2O4. The summed E-state index contributed by atoms with van der Waals surface area (Å²) in [4.78, 5) is 21.6. The van der Waals surface area contributed by atoms with Crippen molar-refractivity contribution >= 4 is 11.6 Å². The Labute approximate surface area is 121 Å². The lowest BCUT2D eigenvalue weighted by molar-refractivity contribution is -0.384. The number of hydrogen-bond acceptors (Lipinski definition) is 4. The van der Waals surface area contributed by atoms with Gasteiger partial charge in [0.05, 0.1) is 11.0 Å². The zero-order valence-corrected chi connectivity index (χ0v) is 11.3. The highest BCUT2D eigenvalue weighted by Gasteiger charge is 2.19. The van der Waals surface area contributed by atoms with Crippen LogP contribution in [0.5, 0.6) is 5.75 Å². The molecule has 0 saturated heterocycles. The Balaban J connectivity index is 2.43. The van der Waals surface area contributed by atoms with E-state index < -0.39 is 11.0 Å². The molecule has 108 valence electrons. The number of phenolic OH excluding ortho intramolecular Hbond substituents is 1. The fourth-order valence-electron chi connectivity index (χ4n) is 2.06. The van der Waals surface area contributed by atoms with E-state index in [4.69, 9.17) is 0 Å². The Bertz CT molecular complexity index is 668. The van der Waals surface area contributed by atoms with Gasteiger partial charge in [0.2, 0.25) is 5.91 Å². The van der Waals surface area contributed by atoms with E-state index in [0.29, 0.717) is 11.1 Å². The van der Waals surface area contributed by atoms with Gasteiger partial charge in [-0.15, -0.1) is 0 Å². The van der Waals surface area contributed by atoms with Crippen LogP contribution in [0.4, 0.5) is 5.69 Å². The highest BCUT2D eigenvalue weighted by molar-refractivity contribution is 5.74. The fourth-order valence-corrected chi connectivity index (χ4v) is 2.06. The summed E-state index contributed by atoms with van der Waals surface area (Å²) in [6, 6.07) is 11.9. The lowest BCUT2D eigenvalue weighted by Gasteiger charge is -2.19. The zero-order chi connectivity index (χ0) is 15.4. The molecule has 2 rings (SSSR count). The predicted molar refractivity (Wildman–Crippen MR) is 76.9 cm³/mol. The summed E-state index contributed by atoms with van der Waals surface area (Å²) in [7, 11) is 0. The van der Waals surface area contributed by atoms with Crippen LogP contribution in [-0.4, -0.2) is 15.9 Å². The highest BCUT2D eigenvalue weighted by Crippen LogP contribution is 2.30. The van der Waals surface area contributed by atoms with Crippen LogP contribution in [-0.2, 0) is 4.79 Å². The van der Waals surface area contributed by atoms with E-state index in [1.165, 1.54) is 25.1 Å². The lowest BCUT2D eigenvalue weighted by atomic mass is 9.97. The number of nitro groups is 1. The Hall–Kier alpha value is -2.89. The van der Waals surface area contributed by atoms with Crippen LogP contribution in [0.1, 0.15) is 24.1 Å². The Morgan fingerprint density at radius 3 is 2.33 bits per heavy atom. The summed E-state index contributed by atoms with van der Waals surface area (Å²) in [5.41, 5.74) is 1.15. The number of phenols is 1. The largest absolute Gasteiger partial charge is 0.508 e. The first-order chi connectivity index (χ1) is 9.99. The molecule has 0 aromatic heterocycles. The number of nitro benzene ring substituents is 1. The third-order valence-electron chi connectivity index (χ3n) is 3.03. The maximum Gasteiger partial charge on any atom is 0.269 e. The van der Waals surface area contributed by atoms with Crippen LogP contribution in [0, 0.1) is 10.1 Å². The second-order valence-electron chi connectivity index (χ2n) is 4.54. The van der Waals surface area contributed by atoms with Crippen LogP contribution in [0.15, 0.2) is 48.5 Å². The molecule has 0 aliphatic carbocycles. The molecule has 2 N–H and O–H groups in total. The molecule has 21 heavy (non-hydrogen) atoms. The van der Waals surface area contributed by atoms with Crippen molar-refractivity contribution in [2.45, 2.75) is 13.0 Å². The van der Waals surface area contributed by atoms with Crippen LogP contribution < -0.4 is 5.32 Å². The van der Waals surface area contributed by atoms with Gasteiger partial charge in [0.25, 0.3) is 5.69 Å². The summed E-state index contributed by atoms with van der Waals surface area (Å²) in [5.74, 6) is -0.212. The molecule has 0 aliphatic heterocycles. The number of nitrogens with zero attached hydrogens (tertiary/aromatic N) is 1. The van der Waals surface area contributed by atoms with Crippen molar-refractivity contribution < 1.29 is 14.8 Å². The number of amides is 1. The van der Waals surface area contributed by atoms with E-state index in [2.05, 4.69) is 5.32 Å². The molecule has 2 aromatic carbocycles. The molecule has 0 bridgehead atoms. The molecular weight excluding hydrogens is 272 g/mol. The smallest absolute Gasteiger partial charge is 0.269 e. The van der Waals surface area contributed by atoms with E-state index in [0.717, 1.165) is 0 Å². The van der Waals surface area contributed by atoms with Crippen molar-refractivity contribution in [1.82, 2.24) is 5.32 Å².